The van der Waals surface area contributed by atoms with Crippen molar-refractivity contribution < 1.29 is 24.2 Å². The molecule has 1 atom stereocenters. The molecule has 0 spiro atoms. The van der Waals surface area contributed by atoms with Crippen molar-refractivity contribution >= 4 is 46.4 Å². The van der Waals surface area contributed by atoms with Crippen molar-refractivity contribution in [1.82, 2.24) is 5.32 Å². The molecule has 44 heavy (non-hydrogen) atoms. The van der Waals surface area contributed by atoms with Crippen LogP contribution in [0.2, 0.25) is 0 Å². The molecular formula is C31H27N5O7S. The Kier molecular flexibility index (Phi) is 11.1. The number of non-ortho nitro benzene ring substituents is 1. The molecule has 4 rings (SSSR count). The number of nitro groups is 2. The van der Waals surface area contributed by atoms with Gasteiger partial charge in [-0.05, 0) is 23.8 Å². The standard InChI is InChI=1S/C31H27N5O7S/c37-30(24-14-8-3-9-15-24)32-28(21-44-20-22-10-4-1-5-11-22)31(38)43-19-27(23-12-6-2-7-13-23)34-33-26-17-16-25(35(39)40)18-29(26)36(41)42/h1-18,28,33H,19-21H2,(H,32,37)/b34-27-. The van der Waals surface area contributed by atoms with Gasteiger partial charge in [0, 0.05) is 28.7 Å². The molecule has 0 aliphatic rings. The summed E-state index contributed by atoms with van der Waals surface area (Å²) in [7, 11) is 0. The van der Waals surface area contributed by atoms with E-state index in [1.54, 1.807) is 60.7 Å². The van der Waals surface area contributed by atoms with E-state index in [0.717, 1.165) is 17.7 Å². The molecule has 1 amide bonds. The highest BCUT2D eigenvalue weighted by Crippen LogP contribution is 2.29. The molecule has 4 aromatic rings. The van der Waals surface area contributed by atoms with E-state index in [2.05, 4.69) is 15.8 Å². The van der Waals surface area contributed by atoms with Gasteiger partial charge in [0.15, 0.2) is 0 Å². The summed E-state index contributed by atoms with van der Waals surface area (Å²) in [6, 6.07) is 29.0. The van der Waals surface area contributed by atoms with Crippen molar-refractivity contribution in [3.63, 3.8) is 0 Å². The Hall–Kier alpha value is -5.56. The van der Waals surface area contributed by atoms with E-state index in [4.69, 9.17) is 4.74 Å². The lowest BCUT2D eigenvalue weighted by Crippen LogP contribution is -2.44. The van der Waals surface area contributed by atoms with E-state index >= 15 is 0 Å². The summed E-state index contributed by atoms with van der Waals surface area (Å²) in [6.07, 6.45) is 0. The third-order valence-corrected chi connectivity index (χ3v) is 7.29. The highest BCUT2D eigenvalue weighted by molar-refractivity contribution is 7.98. The Morgan fingerprint density at radius 2 is 1.43 bits per heavy atom. The molecule has 0 bridgehead atoms. The smallest absolute Gasteiger partial charge is 0.329 e. The maximum absolute atomic E-state index is 13.3. The van der Waals surface area contributed by atoms with Gasteiger partial charge in [-0.1, -0.05) is 78.9 Å². The molecule has 4 aromatic carbocycles. The fourth-order valence-electron chi connectivity index (χ4n) is 3.93. The third-order valence-electron chi connectivity index (χ3n) is 6.18. The van der Waals surface area contributed by atoms with Crippen LogP contribution in [0.25, 0.3) is 0 Å². The van der Waals surface area contributed by atoms with E-state index in [0.29, 0.717) is 16.9 Å². The van der Waals surface area contributed by atoms with Crippen LogP contribution in [0.5, 0.6) is 0 Å². The molecule has 0 fully saturated rings. The second kappa shape index (κ2) is 15.6. The number of carbonyl (C=O) groups excluding carboxylic acids is 2. The minimum Gasteiger partial charge on any atom is -0.458 e. The minimum absolute atomic E-state index is 0.0920. The first-order chi connectivity index (χ1) is 21.3. The molecule has 0 saturated carbocycles. The number of amides is 1. The highest BCUT2D eigenvalue weighted by atomic mass is 32.2. The molecule has 2 N–H and O–H groups in total. The Labute approximate surface area is 256 Å². The quantitative estimate of drug-likeness (QED) is 0.0797. The number of anilines is 1. The number of thioether (sulfide) groups is 1. The van der Waals surface area contributed by atoms with Gasteiger partial charge in [0.05, 0.1) is 15.9 Å². The predicted molar refractivity (Wildman–Crippen MR) is 168 cm³/mol. The number of nitrogens with one attached hydrogen (secondary N) is 2. The lowest BCUT2D eigenvalue weighted by atomic mass is 10.1. The van der Waals surface area contributed by atoms with Crippen LogP contribution in [0.15, 0.2) is 114 Å². The second-order valence-electron chi connectivity index (χ2n) is 9.25. The van der Waals surface area contributed by atoms with Crippen LogP contribution in [0.4, 0.5) is 17.1 Å². The first kappa shape index (κ1) is 31.4. The summed E-state index contributed by atoms with van der Waals surface area (Å²) in [4.78, 5) is 47.4. The zero-order valence-corrected chi connectivity index (χ0v) is 24.0. The van der Waals surface area contributed by atoms with E-state index in [-0.39, 0.29) is 23.8 Å². The number of hydrazone groups is 1. The van der Waals surface area contributed by atoms with Crippen LogP contribution >= 0.6 is 11.8 Å². The summed E-state index contributed by atoms with van der Waals surface area (Å²) in [5, 5.41) is 29.6. The number of ether oxygens (including phenoxy) is 1. The van der Waals surface area contributed by atoms with Crippen molar-refractivity contribution in [2.75, 3.05) is 17.8 Å². The van der Waals surface area contributed by atoms with Crippen LogP contribution in [0.3, 0.4) is 0 Å². The number of nitro benzene ring substituents is 2. The number of nitrogens with zero attached hydrogens (tertiary/aromatic N) is 3. The van der Waals surface area contributed by atoms with Crippen LogP contribution in [-0.4, -0.2) is 45.8 Å². The fraction of sp³-hybridized carbons (Fsp3) is 0.129. The molecule has 0 heterocycles. The van der Waals surface area contributed by atoms with Gasteiger partial charge in [-0.25, -0.2) is 4.79 Å². The fourth-order valence-corrected chi connectivity index (χ4v) is 4.93. The zero-order chi connectivity index (χ0) is 31.3. The average molecular weight is 614 g/mol. The second-order valence-corrected chi connectivity index (χ2v) is 10.3. The van der Waals surface area contributed by atoms with Crippen LogP contribution < -0.4 is 10.7 Å². The van der Waals surface area contributed by atoms with Crippen molar-refractivity contribution in [2.45, 2.75) is 11.8 Å². The molecule has 0 saturated heterocycles. The number of benzene rings is 4. The SMILES string of the molecule is O=C(NC(CSCc1ccccc1)C(=O)OC/C(=N/Nc1ccc([N+](=O)[O-])cc1[N+](=O)[O-])c1ccccc1)c1ccccc1. The third kappa shape index (κ3) is 8.97. The Morgan fingerprint density at radius 3 is 2.05 bits per heavy atom. The van der Waals surface area contributed by atoms with Crippen molar-refractivity contribution in [2.24, 2.45) is 5.10 Å². The molecule has 0 aliphatic carbocycles. The number of rotatable bonds is 14. The topological polar surface area (TPSA) is 166 Å². The van der Waals surface area contributed by atoms with Gasteiger partial charge in [-0.2, -0.15) is 16.9 Å². The van der Waals surface area contributed by atoms with Crippen LogP contribution in [0, 0.1) is 20.2 Å². The molecule has 0 radical (unpaired) electrons. The molecule has 12 nitrogen and oxygen atoms in total. The van der Waals surface area contributed by atoms with E-state index in [1.165, 1.54) is 17.8 Å². The Balaban J connectivity index is 1.52. The minimum atomic E-state index is -0.989. The zero-order valence-electron chi connectivity index (χ0n) is 23.2. The lowest BCUT2D eigenvalue weighted by molar-refractivity contribution is -0.393. The van der Waals surface area contributed by atoms with Crippen LogP contribution in [-0.2, 0) is 15.3 Å². The Bertz CT molecular complexity index is 1640. The normalized spacial score (nSPS) is 11.7. The Morgan fingerprint density at radius 1 is 0.818 bits per heavy atom. The summed E-state index contributed by atoms with van der Waals surface area (Å²) >= 11 is 1.46. The van der Waals surface area contributed by atoms with Crippen molar-refractivity contribution in [3.05, 3.63) is 146 Å². The molecule has 1 unspecified atom stereocenters. The van der Waals surface area contributed by atoms with Gasteiger partial charge in [0.25, 0.3) is 11.6 Å². The van der Waals surface area contributed by atoms with Gasteiger partial charge in [-0.15, -0.1) is 0 Å². The van der Waals surface area contributed by atoms with E-state index < -0.39 is 39.1 Å². The summed E-state index contributed by atoms with van der Waals surface area (Å²) in [5.41, 5.74) is 3.71. The number of esters is 1. The average Bonchev–Trinajstić information content (AvgIpc) is 3.05. The molecule has 13 heteroatoms. The number of carbonyl (C=O) groups is 2. The lowest BCUT2D eigenvalue weighted by Gasteiger charge is -2.18. The summed E-state index contributed by atoms with van der Waals surface area (Å²) < 4.78 is 5.62. The monoisotopic (exact) mass is 613 g/mol. The van der Waals surface area contributed by atoms with E-state index in [1.807, 2.05) is 30.3 Å². The maximum Gasteiger partial charge on any atom is 0.329 e. The summed E-state index contributed by atoms with van der Waals surface area (Å²) in [6.45, 7) is -0.336. The van der Waals surface area contributed by atoms with Gasteiger partial charge in [0.1, 0.15) is 24.0 Å². The molecule has 0 aromatic heterocycles. The highest BCUT2D eigenvalue weighted by Gasteiger charge is 2.24. The van der Waals surface area contributed by atoms with Gasteiger partial charge in [-0.3, -0.25) is 30.4 Å². The molecular weight excluding hydrogens is 586 g/mol. The first-order valence-electron chi connectivity index (χ1n) is 13.3. The maximum atomic E-state index is 13.3. The van der Waals surface area contributed by atoms with Gasteiger partial charge in [0.2, 0.25) is 0 Å². The van der Waals surface area contributed by atoms with Crippen molar-refractivity contribution in [1.29, 1.82) is 0 Å². The molecule has 224 valence electrons. The van der Waals surface area contributed by atoms with Crippen molar-refractivity contribution in [3.8, 4) is 0 Å². The van der Waals surface area contributed by atoms with E-state index in [9.17, 15) is 29.8 Å². The predicted octanol–water partition coefficient (Wildman–Crippen LogP) is 5.59. The van der Waals surface area contributed by atoms with Crippen LogP contribution in [0.1, 0.15) is 21.5 Å². The van der Waals surface area contributed by atoms with Gasteiger partial charge >= 0.3 is 11.7 Å². The number of hydrogen-bond donors (Lipinski definition) is 2. The summed E-state index contributed by atoms with van der Waals surface area (Å²) in [5.74, 6) is -0.283. The number of hydrogen-bond acceptors (Lipinski definition) is 10. The molecule has 0 aliphatic heterocycles. The van der Waals surface area contributed by atoms with Gasteiger partial charge < -0.3 is 10.1 Å². The first-order valence-corrected chi connectivity index (χ1v) is 14.4. The largest absolute Gasteiger partial charge is 0.458 e.